The third-order valence-corrected chi connectivity index (χ3v) is 3.42. The number of nitro benzene ring substituents is 1. The Morgan fingerprint density at radius 1 is 1.53 bits per heavy atom. The molecule has 1 amide bonds. The average Bonchev–Trinajstić information content (AvgIpc) is 2.85. The van der Waals surface area contributed by atoms with E-state index in [0.717, 1.165) is 12.8 Å². The maximum absolute atomic E-state index is 11.2. The van der Waals surface area contributed by atoms with Crippen molar-refractivity contribution in [1.82, 2.24) is 0 Å². The summed E-state index contributed by atoms with van der Waals surface area (Å²) in [5.41, 5.74) is 11.6. The van der Waals surface area contributed by atoms with Crippen molar-refractivity contribution in [3.05, 3.63) is 33.9 Å². The Hall–Kier alpha value is -2.15. The van der Waals surface area contributed by atoms with Crippen LogP contribution in [0.5, 0.6) is 0 Å². The van der Waals surface area contributed by atoms with Gasteiger partial charge in [-0.3, -0.25) is 14.9 Å². The SMILES string of the molecule is NCC1CCCN1c1cc(C(N)=O)ccc1[N+](=O)[O-]. The van der Waals surface area contributed by atoms with Gasteiger partial charge in [0.25, 0.3) is 5.69 Å². The van der Waals surface area contributed by atoms with Gasteiger partial charge in [0.15, 0.2) is 0 Å². The Kier molecular flexibility index (Phi) is 3.66. The normalized spacial score (nSPS) is 18.6. The summed E-state index contributed by atoms with van der Waals surface area (Å²) in [4.78, 5) is 23.7. The lowest BCUT2D eigenvalue weighted by Crippen LogP contribution is -2.35. The number of rotatable bonds is 4. The van der Waals surface area contributed by atoms with Gasteiger partial charge in [-0.1, -0.05) is 0 Å². The number of hydrogen-bond donors (Lipinski definition) is 2. The van der Waals surface area contributed by atoms with Crippen LogP contribution in [0.4, 0.5) is 11.4 Å². The van der Waals surface area contributed by atoms with Crippen LogP contribution in [-0.4, -0.2) is 30.0 Å². The highest BCUT2D eigenvalue weighted by atomic mass is 16.6. The number of benzene rings is 1. The van der Waals surface area contributed by atoms with Crippen molar-refractivity contribution < 1.29 is 9.72 Å². The van der Waals surface area contributed by atoms with Crippen molar-refractivity contribution in [3.63, 3.8) is 0 Å². The molecule has 1 aliphatic rings. The monoisotopic (exact) mass is 264 g/mol. The number of nitrogens with two attached hydrogens (primary N) is 2. The van der Waals surface area contributed by atoms with Gasteiger partial charge in [-0.2, -0.15) is 0 Å². The summed E-state index contributed by atoms with van der Waals surface area (Å²) in [5, 5.41) is 11.1. The topological polar surface area (TPSA) is 115 Å². The van der Waals surface area contributed by atoms with Crippen LogP contribution in [0.25, 0.3) is 0 Å². The Labute approximate surface area is 110 Å². The summed E-state index contributed by atoms with van der Waals surface area (Å²) in [7, 11) is 0. The molecular weight excluding hydrogens is 248 g/mol. The molecule has 1 unspecified atom stereocenters. The lowest BCUT2D eigenvalue weighted by atomic mass is 10.1. The molecule has 4 N–H and O–H groups in total. The molecule has 102 valence electrons. The van der Waals surface area contributed by atoms with Crippen LogP contribution in [0.1, 0.15) is 23.2 Å². The van der Waals surface area contributed by atoms with E-state index in [-0.39, 0.29) is 17.3 Å². The molecule has 0 aromatic heterocycles. The van der Waals surface area contributed by atoms with Crippen LogP contribution in [0.2, 0.25) is 0 Å². The van der Waals surface area contributed by atoms with E-state index in [1.54, 1.807) is 0 Å². The molecule has 0 radical (unpaired) electrons. The summed E-state index contributed by atoms with van der Waals surface area (Å²) in [6.45, 7) is 1.13. The van der Waals surface area contributed by atoms with Gasteiger partial charge in [0.2, 0.25) is 5.91 Å². The highest BCUT2D eigenvalue weighted by Gasteiger charge is 2.29. The van der Waals surface area contributed by atoms with E-state index in [1.165, 1.54) is 18.2 Å². The molecule has 1 fully saturated rings. The van der Waals surface area contributed by atoms with Crippen molar-refractivity contribution in [2.45, 2.75) is 18.9 Å². The molecule has 0 saturated carbocycles. The number of carbonyl (C=O) groups is 1. The maximum atomic E-state index is 11.2. The number of nitrogens with zero attached hydrogens (tertiary/aromatic N) is 2. The highest BCUT2D eigenvalue weighted by Crippen LogP contribution is 2.34. The first kappa shape index (κ1) is 13.3. The zero-order valence-corrected chi connectivity index (χ0v) is 10.4. The zero-order chi connectivity index (χ0) is 14.0. The molecule has 1 atom stereocenters. The molecule has 1 saturated heterocycles. The molecule has 0 aliphatic carbocycles. The Morgan fingerprint density at radius 3 is 2.84 bits per heavy atom. The number of carbonyl (C=O) groups excluding carboxylic acids is 1. The summed E-state index contributed by atoms with van der Waals surface area (Å²) >= 11 is 0. The predicted octanol–water partition coefficient (Wildman–Crippen LogP) is 0.621. The largest absolute Gasteiger partial charge is 0.366 e. The fourth-order valence-corrected chi connectivity index (χ4v) is 2.46. The number of amides is 1. The third kappa shape index (κ3) is 2.50. The summed E-state index contributed by atoms with van der Waals surface area (Å²) < 4.78 is 0. The molecule has 7 heteroatoms. The second-order valence-corrected chi connectivity index (χ2v) is 4.55. The fraction of sp³-hybridized carbons (Fsp3) is 0.417. The molecule has 2 rings (SSSR count). The molecule has 1 aromatic rings. The molecule has 1 heterocycles. The quantitative estimate of drug-likeness (QED) is 0.611. The number of anilines is 1. The lowest BCUT2D eigenvalue weighted by molar-refractivity contribution is -0.384. The van der Waals surface area contributed by atoms with Gasteiger partial charge in [-0.05, 0) is 25.0 Å². The summed E-state index contributed by atoms with van der Waals surface area (Å²) in [6, 6.07) is 4.25. The summed E-state index contributed by atoms with van der Waals surface area (Å²) in [6.07, 6.45) is 1.83. The van der Waals surface area contributed by atoms with Crippen LogP contribution < -0.4 is 16.4 Å². The first-order valence-electron chi connectivity index (χ1n) is 6.09. The smallest absolute Gasteiger partial charge is 0.292 e. The maximum Gasteiger partial charge on any atom is 0.292 e. The van der Waals surface area contributed by atoms with E-state index in [1.807, 2.05) is 4.90 Å². The minimum Gasteiger partial charge on any atom is -0.366 e. The van der Waals surface area contributed by atoms with Crippen LogP contribution in [0.3, 0.4) is 0 Å². The van der Waals surface area contributed by atoms with Gasteiger partial charge in [-0.25, -0.2) is 0 Å². The van der Waals surface area contributed by atoms with Crippen LogP contribution in [0, 0.1) is 10.1 Å². The van der Waals surface area contributed by atoms with Crippen molar-refractivity contribution in [2.75, 3.05) is 18.0 Å². The lowest BCUT2D eigenvalue weighted by Gasteiger charge is -2.25. The highest BCUT2D eigenvalue weighted by molar-refractivity contribution is 5.94. The van der Waals surface area contributed by atoms with Gasteiger partial charge in [0.05, 0.1) is 4.92 Å². The van der Waals surface area contributed by atoms with Gasteiger partial charge >= 0.3 is 0 Å². The molecule has 1 aromatic carbocycles. The van der Waals surface area contributed by atoms with E-state index in [4.69, 9.17) is 11.5 Å². The Balaban J connectivity index is 2.48. The standard InChI is InChI=1S/C12H16N4O3/c13-7-9-2-1-5-15(9)11-6-8(12(14)17)3-4-10(11)16(18)19/h3-4,6,9H,1-2,5,7,13H2,(H2,14,17). The minimum atomic E-state index is -0.598. The van der Waals surface area contributed by atoms with Crippen molar-refractivity contribution in [3.8, 4) is 0 Å². The third-order valence-electron chi connectivity index (χ3n) is 3.42. The Morgan fingerprint density at radius 2 is 2.26 bits per heavy atom. The second-order valence-electron chi connectivity index (χ2n) is 4.55. The zero-order valence-electron chi connectivity index (χ0n) is 10.4. The van der Waals surface area contributed by atoms with Gasteiger partial charge in [-0.15, -0.1) is 0 Å². The van der Waals surface area contributed by atoms with E-state index in [0.29, 0.717) is 18.8 Å². The first-order valence-corrected chi connectivity index (χ1v) is 6.09. The van der Waals surface area contributed by atoms with Gasteiger partial charge < -0.3 is 16.4 Å². The number of hydrogen-bond acceptors (Lipinski definition) is 5. The number of nitro groups is 1. The van der Waals surface area contributed by atoms with Gasteiger partial charge in [0.1, 0.15) is 5.69 Å². The van der Waals surface area contributed by atoms with Crippen molar-refractivity contribution >= 4 is 17.3 Å². The van der Waals surface area contributed by atoms with E-state index in [2.05, 4.69) is 0 Å². The van der Waals surface area contributed by atoms with Crippen LogP contribution in [0.15, 0.2) is 18.2 Å². The molecule has 0 spiro atoms. The minimum absolute atomic E-state index is 0.0228. The van der Waals surface area contributed by atoms with E-state index in [9.17, 15) is 14.9 Å². The molecular formula is C12H16N4O3. The molecule has 1 aliphatic heterocycles. The van der Waals surface area contributed by atoms with Crippen LogP contribution >= 0.6 is 0 Å². The predicted molar refractivity (Wildman–Crippen MR) is 71.0 cm³/mol. The average molecular weight is 264 g/mol. The first-order chi connectivity index (χ1) is 9.04. The molecule has 19 heavy (non-hydrogen) atoms. The number of primary amides is 1. The molecule has 0 bridgehead atoms. The molecule has 7 nitrogen and oxygen atoms in total. The Bertz CT molecular complexity index is 518. The van der Waals surface area contributed by atoms with Crippen molar-refractivity contribution in [2.24, 2.45) is 11.5 Å². The van der Waals surface area contributed by atoms with Crippen LogP contribution in [-0.2, 0) is 0 Å². The van der Waals surface area contributed by atoms with E-state index >= 15 is 0 Å². The second kappa shape index (κ2) is 5.23. The fourth-order valence-electron chi connectivity index (χ4n) is 2.46. The van der Waals surface area contributed by atoms with E-state index < -0.39 is 10.8 Å². The van der Waals surface area contributed by atoms with Gasteiger partial charge in [0, 0.05) is 30.8 Å². The van der Waals surface area contributed by atoms with Crippen molar-refractivity contribution in [1.29, 1.82) is 0 Å². The summed E-state index contributed by atoms with van der Waals surface area (Å²) in [5.74, 6) is -0.598.